The Hall–Kier alpha value is 0.949. The first-order valence-electron chi connectivity index (χ1n) is 2.16. The Kier molecular flexibility index (Phi) is 4.77. The maximum absolute atomic E-state index is 2.80. The molecule has 0 fully saturated rings. The molecule has 2 unspecified atom stereocenters. The normalized spacial score (nSPS) is 14.5. The van der Waals surface area contributed by atoms with Crippen LogP contribution in [0.1, 0.15) is 20.3 Å². The molecule has 2 heteroatoms. The van der Waals surface area contributed by atoms with Crippen LogP contribution in [0.2, 0.25) is 4.82 Å². The quantitative estimate of drug-likeness (QED) is 0.436. The van der Waals surface area contributed by atoms with Crippen molar-refractivity contribution in [3.63, 3.8) is 0 Å². The molecule has 0 amide bonds. The van der Waals surface area contributed by atoms with Gasteiger partial charge in [-0.05, 0) is 0 Å². The fourth-order valence-electron chi connectivity index (χ4n) is 0.0962. The molecule has 0 heterocycles. The van der Waals surface area contributed by atoms with Gasteiger partial charge in [0.05, 0.1) is 0 Å². The van der Waals surface area contributed by atoms with Crippen LogP contribution in [0.15, 0.2) is 0 Å². The summed E-state index contributed by atoms with van der Waals surface area (Å²) in [6.07, 6.45) is 1.34. The van der Waals surface area contributed by atoms with Gasteiger partial charge in [0.15, 0.2) is 0 Å². The van der Waals surface area contributed by atoms with E-state index in [1.165, 1.54) is 6.42 Å². The van der Waals surface area contributed by atoms with Crippen LogP contribution in [-0.2, 0) is 0 Å². The number of hydrogen-bond donors (Lipinski definition) is 0. The standard InChI is InChI=1S/C4H11PSe/c1-3-4(2)6-5/h4H,3,5H2,1-2H3. The molecular weight excluding hydrogens is 158 g/mol. The molecule has 38 valence electrons. The maximum atomic E-state index is 2.80. The van der Waals surface area contributed by atoms with E-state index in [0.717, 1.165) is 19.3 Å². The molecule has 0 bridgehead atoms. The second kappa shape index (κ2) is 4.12. The third kappa shape index (κ3) is 3.15. The Labute approximate surface area is 48.1 Å². The van der Waals surface area contributed by atoms with Crippen molar-refractivity contribution in [3.05, 3.63) is 0 Å². The topological polar surface area (TPSA) is 0 Å². The fourth-order valence-corrected chi connectivity index (χ4v) is 1.50. The second-order valence-corrected chi connectivity index (χ2v) is 5.03. The van der Waals surface area contributed by atoms with Crippen LogP contribution in [0.4, 0.5) is 0 Å². The molecule has 0 N–H and O–H groups in total. The first kappa shape index (κ1) is 6.95. The van der Waals surface area contributed by atoms with E-state index in [9.17, 15) is 0 Å². The zero-order valence-electron chi connectivity index (χ0n) is 4.27. The molecule has 2 atom stereocenters. The Morgan fingerprint density at radius 1 is 1.83 bits per heavy atom. The Morgan fingerprint density at radius 3 is 2.33 bits per heavy atom. The van der Waals surface area contributed by atoms with E-state index in [0.29, 0.717) is 0 Å². The van der Waals surface area contributed by atoms with Gasteiger partial charge in [0.1, 0.15) is 0 Å². The van der Waals surface area contributed by atoms with Crippen molar-refractivity contribution >= 4 is 22.4 Å². The number of hydrogen-bond acceptors (Lipinski definition) is 0. The fraction of sp³-hybridized carbons (Fsp3) is 1.00. The molecule has 0 rings (SSSR count). The van der Waals surface area contributed by atoms with E-state index in [-0.39, 0.29) is 0 Å². The van der Waals surface area contributed by atoms with Crippen molar-refractivity contribution in [2.75, 3.05) is 0 Å². The average molecular weight is 169 g/mol. The first-order chi connectivity index (χ1) is 2.81. The predicted octanol–water partition coefficient (Wildman–Crippen LogP) is 1.70. The van der Waals surface area contributed by atoms with Gasteiger partial charge in [-0.25, -0.2) is 0 Å². The average Bonchev–Trinajstić information content (AvgIpc) is 1.65. The molecule has 0 aromatic carbocycles. The van der Waals surface area contributed by atoms with Crippen LogP contribution >= 0.6 is 7.93 Å². The van der Waals surface area contributed by atoms with Crippen molar-refractivity contribution in [2.24, 2.45) is 0 Å². The summed E-state index contributed by atoms with van der Waals surface area (Å²) in [6.45, 7) is 4.52. The molecule has 0 aromatic heterocycles. The SMILES string of the molecule is CCC(C)[Se]P. The van der Waals surface area contributed by atoms with Crippen molar-refractivity contribution in [1.82, 2.24) is 0 Å². The minimum absolute atomic E-state index is 0.800. The summed E-state index contributed by atoms with van der Waals surface area (Å²) in [7, 11) is 2.80. The van der Waals surface area contributed by atoms with Gasteiger partial charge in [-0.3, -0.25) is 0 Å². The molecule has 0 aliphatic rings. The molecular formula is C4H11PSe. The zero-order valence-corrected chi connectivity index (χ0v) is 7.14. The van der Waals surface area contributed by atoms with Gasteiger partial charge in [-0.15, -0.1) is 0 Å². The molecule has 0 radical (unpaired) electrons. The zero-order chi connectivity index (χ0) is 4.99. The van der Waals surface area contributed by atoms with Crippen LogP contribution in [0, 0.1) is 0 Å². The van der Waals surface area contributed by atoms with Crippen LogP contribution in [0.25, 0.3) is 0 Å². The summed E-state index contributed by atoms with van der Waals surface area (Å²) in [5.74, 6) is 0. The van der Waals surface area contributed by atoms with E-state index < -0.39 is 0 Å². The molecule has 0 nitrogen and oxygen atoms in total. The molecule has 0 saturated carbocycles. The molecule has 0 saturated heterocycles. The van der Waals surface area contributed by atoms with Crippen LogP contribution < -0.4 is 0 Å². The first-order valence-corrected chi connectivity index (χ1v) is 6.59. The molecule has 6 heavy (non-hydrogen) atoms. The third-order valence-corrected chi connectivity index (χ3v) is 4.90. The second-order valence-electron chi connectivity index (χ2n) is 1.35. The monoisotopic (exact) mass is 170 g/mol. The summed E-state index contributed by atoms with van der Waals surface area (Å²) in [5, 5.41) is 0. The Morgan fingerprint density at radius 2 is 2.33 bits per heavy atom. The van der Waals surface area contributed by atoms with Gasteiger partial charge in [0, 0.05) is 0 Å². The van der Waals surface area contributed by atoms with Crippen molar-refractivity contribution in [1.29, 1.82) is 0 Å². The van der Waals surface area contributed by atoms with Crippen molar-refractivity contribution in [3.8, 4) is 0 Å². The number of rotatable bonds is 2. The minimum atomic E-state index is 0.800. The summed E-state index contributed by atoms with van der Waals surface area (Å²) >= 11 is 0.800. The van der Waals surface area contributed by atoms with E-state index in [1.54, 1.807) is 0 Å². The summed E-state index contributed by atoms with van der Waals surface area (Å²) in [5.41, 5.74) is 0. The third-order valence-electron chi connectivity index (χ3n) is 0.807. The van der Waals surface area contributed by atoms with Crippen LogP contribution in [0.3, 0.4) is 0 Å². The van der Waals surface area contributed by atoms with E-state index in [4.69, 9.17) is 0 Å². The molecule has 0 aliphatic carbocycles. The van der Waals surface area contributed by atoms with Crippen molar-refractivity contribution in [2.45, 2.75) is 25.1 Å². The van der Waals surface area contributed by atoms with Crippen LogP contribution in [0.5, 0.6) is 0 Å². The van der Waals surface area contributed by atoms with E-state index >= 15 is 0 Å². The Bertz CT molecular complexity index is 26.7. The summed E-state index contributed by atoms with van der Waals surface area (Å²) in [6, 6.07) is 0. The van der Waals surface area contributed by atoms with Gasteiger partial charge in [0.2, 0.25) is 0 Å². The Balaban J connectivity index is 2.75. The summed E-state index contributed by atoms with van der Waals surface area (Å²) < 4.78 is 0. The summed E-state index contributed by atoms with van der Waals surface area (Å²) in [4.78, 5) is 0.961. The van der Waals surface area contributed by atoms with Gasteiger partial charge in [0.25, 0.3) is 0 Å². The van der Waals surface area contributed by atoms with E-state index in [1.807, 2.05) is 0 Å². The van der Waals surface area contributed by atoms with Crippen LogP contribution in [-0.4, -0.2) is 14.5 Å². The van der Waals surface area contributed by atoms with Gasteiger partial charge in [-0.1, -0.05) is 0 Å². The molecule has 0 aromatic rings. The predicted molar refractivity (Wildman–Crippen MR) is 35.2 cm³/mol. The molecule has 0 spiro atoms. The van der Waals surface area contributed by atoms with Gasteiger partial charge in [-0.2, -0.15) is 0 Å². The van der Waals surface area contributed by atoms with E-state index in [2.05, 4.69) is 21.8 Å². The molecule has 0 aliphatic heterocycles. The van der Waals surface area contributed by atoms with Gasteiger partial charge < -0.3 is 0 Å². The van der Waals surface area contributed by atoms with Gasteiger partial charge >= 0.3 is 47.5 Å². The van der Waals surface area contributed by atoms with Crippen molar-refractivity contribution < 1.29 is 0 Å².